The fraction of sp³-hybridized carbons (Fsp3) is 0.0667. The zero-order valence-corrected chi connectivity index (χ0v) is 26.6. The van der Waals surface area contributed by atoms with Gasteiger partial charge < -0.3 is 9.47 Å². The van der Waals surface area contributed by atoms with Gasteiger partial charge in [-0.1, -0.05) is 141 Å². The lowest BCUT2D eigenvalue weighted by molar-refractivity contribution is 0.630. The highest BCUT2D eigenvalue weighted by Crippen LogP contribution is 2.49. The second-order valence-electron chi connectivity index (χ2n) is 13.0. The molecular formula is C45H34N2. The van der Waals surface area contributed by atoms with Crippen LogP contribution in [0.2, 0.25) is 0 Å². The van der Waals surface area contributed by atoms with Crippen LogP contribution in [0.4, 0.5) is 17.1 Å². The van der Waals surface area contributed by atoms with Crippen molar-refractivity contribution < 1.29 is 0 Å². The van der Waals surface area contributed by atoms with Gasteiger partial charge in [0.1, 0.15) is 0 Å². The monoisotopic (exact) mass is 602 g/mol. The minimum absolute atomic E-state index is 0.0954. The van der Waals surface area contributed by atoms with Crippen LogP contribution >= 0.6 is 0 Å². The number of para-hydroxylation sites is 3. The molecule has 1 aliphatic rings. The van der Waals surface area contributed by atoms with Crippen LogP contribution in [-0.4, -0.2) is 4.57 Å². The Labute approximate surface area is 275 Å². The fourth-order valence-corrected chi connectivity index (χ4v) is 7.71. The predicted octanol–water partition coefficient (Wildman–Crippen LogP) is 12.2. The Kier molecular flexibility index (Phi) is 6.20. The van der Waals surface area contributed by atoms with Gasteiger partial charge in [0.05, 0.1) is 22.4 Å². The first kappa shape index (κ1) is 27.5. The third kappa shape index (κ3) is 4.26. The van der Waals surface area contributed by atoms with E-state index in [0.717, 1.165) is 17.1 Å². The van der Waals surface area contributed by atoms with Crippen molar-refractivity contribution in [3.05, 3.63) is 181 Å². The molecule has 0 saturated heterocycles. The number of aromatic nitrogens is 1. The summed E-state index contributed by atoms with van der Waals surface area (Å²) in [6, 6.07) is 61.8. The van der Waals surface area contributed by atoms with Crippen LogP contribution in [-0.2, 0) is 5.41 Å². The predicted molar refractivity (Wildman–Crippen MR) is 198 cm³/mol. The third-order valence-electron chi connectivity index (χ3n) is 9.96. The molecule has 8 aromatic rings. The number of fused-ring (bicyclic) bond motifs is 5. The summed E-state index contributed by atoms with van der Waals surface area (Å²) in [4.78, 5) is 2.43. The highest BCUT2D eigenvalue weighted by molar-refractivity contribution is 6.13. The van der Waals surface area contributed by atoms with Crippen LogP contribution in [0.25, 0.3) is 49.7 Å². The van der Waals surface area contributed by atoms with Gasteiger partial charge in [0, 0.05) is 33.1 Å². The summed E-state index contributed by atoms with van der Waals surface area (Å²) in [5, 5.41) is 2.55. The summed E-state index contributed by atoms with van der Waals surface area (Å²) in [5.74, 6) is 0. The molecule has 0 saturated carbocycles. The number of nitrogens with zero attached hydrogens (tertiary/aromatic N) is 2. The normalized spacial score (nSPS) is 13.1. The highest BCUT2D eigenvalue weighted by Gasteiger charge is 2.35. The Morgan fingerprint density at radius 3 is 1.94 bits per heavy atom. The molecule has 9 rings (SSSR count). The van der Waals surface area contributed by atoms with Crippen molar-refractivity contribution in [2.75, 3.05) is 4.90 Å². The molecule has 1 aliphatic heterocycles. The molecule has 47 heavy (non-hydrogen) atoms. The summed E-state index contributed by atoms with van der Waals surface area (Å²) in [7, 11) is 0. The quantitative estimate of drug-likeness (QED) is 0.190. The molecule has 2 nitrogen and oxygen atoms in total. The number of benzene rings is 7. The van der Waals surface area contributed by atoms with Gasteiger partial charge >= 0.3 is 0 Å². The first-order valence-corrected chi connectivity index (χ1v) is 16.4. The topological polar surface area (TPSA) is 8.17 Å². The van der Waals surface area contributed by atoms with Gasteiger partial charge in [-0.25, -0.2) is 0 Å². The summed E-state index contributed by atoms with van der Waals surface area (Å²) < 4.78 is 2.49. The lowest BCUT2D eigenvalue weighted by atomic mass is 9.75. The maximum atomic E-state index is 2.49. The highest BCUT2D eigenvalue weighted by atomic mass is 15.1. The molecule has 0 fully saturated rings. The average Bonchev–Trinajstić information content (AvgIpc) is 3.46. The Balaban J connectivity index is 1.32. The number of anilines is 3. The standard InChI is InChI=1S/C45H34N2/c1-45(2)39-23-10-12-26-43(39)47-42-28-27-35(30-38(42)37-22-14-24-40(45)44(37)47)46(34-20-13-19-33(29-34)31-15-5-3-6-16-31)41-25-11-9-21-36(41)32-17-7-4-8-18-32/h3-30H,1-2H3. The van der Waals surface area contributed by atoms with Gasteiger partial charge in [-0.3, -0.25) is 0 Å². The van der Waals surface area contributed by atoms with Gasteiger partial charge in [-0.15, -0.1) is 0 Å². The average molecular weight is 603 g/mol. The van der Waals surface area contributed by atoms with E-state index in [1.165, 1.54) is 60.9 Å². The van der Waals surface area contributed by atoms with E-state index in [9.17, 15) is 0 Å². The molecule has 0 spiro atoms. The van der Waals surface area contributed by atoms with Crippen LogP contribution in [0.15, 0.2) is 170 Å². The van der Waals surface area contributed by atoms with Crippen LogP contribution in [0.3, 0.4) is 0 Å². The van der Waals surface area contributed by atoms with Crippen molar-refractivity contribution in [1.82, 2.24) is 4.57 Å². The van der Waals surface area contributed by atoms with Crippen molar-refractivity contribution in [1.29, 1.82) is 0 Å². The van der Waals surface area contributed by atoms with E-state index in [1.54, 1.807) is 0 Å². The summed E-state index contributed by atoms with van der Waals surface area (Å²) in [5.41, 5.74) is 14.6. The molecule has 0 unspecified atom stereocenters. The zero-order valence-electron chi connectivity index (χ0n) is 26.6. The minimum Gasteiger partial charge on any atom is -0.310 e. The van der Waals surface area contributed by atoms with Crippen molar-refractivity contribution >= 4 is 38.9 Å². The van der Waals surface area contributed by atoms with E-state index in [4.69, 9.17) is 0 Å². The smallest absolute Gasteiger partial charge is 0.0582 e. The van der Waals surface area contributed by atoms with Crippen LogP contribution in [0.1, 0.15) is 25.0 Å². The molecule has 0 atom stereocenters. The Morgan fingerprint density at radius 2 is 1.11 bits per heavy atom. The van der Waals surface area contributed by atoms with Crippen LogP contribution in [0, 0.1) is 0 Å². The van der Waals surface area contributed by atoms with Gasteiger partial charge in [0.15, 0.2) is 0 Å². The fourth-order valence-electron chi connectivity index (χ4n) is 7.71. The van der Waals surface area contributed by atoms with Gasteiger partial charge in [0.25, 0.3) is 0 Å². The first-order chi connectivity index (χ1) is 23.1. The molecule has 0 bridgehead atoms. The Hall–Kier alpha value is -5.86. The molecule has 0 aliphatic carbocycles. The Bertz CT molecular complexity index is 2430. The lowest BCUT2D eigenvalue weighted by Gasteiger charge is -2.34. The molecular weight excluding hydrogens is 569 g/mol. The van der Waals surface area contributed by atoms with Crippen molar-refractivity contribution in [2.24, 2.45) is 0 Å². The second-order valence-corrected chi connectivity index (χ2v) is 13.0. The molecule has 2 heteroatoms. The lowest BCUT2D eigenvalue weighted by Crippen LogP contribution is -2.26. The largest absolute Gasteiger partial charge is 0.310 e. The van der Waals surface area contributed by atoms with Crippen molar-refractivity contribution in [2.45, 2.75) is 19.3 Å². The minimum atomic E-state index is -0.0954. The Morgan fingerprint density at radius 1 is 0.468 bits per heavy atom. The zero-order chi connectivity index (χ0) is 31.5. The molecule has 224 valence electrons. The SMILES string of the molecule is CC1(C)c2ccccc2-n2c3ccc(N(c4cccc(-c5ccccc5)c4)c4ccccc4-c4ccccc4)cc3c3cccc1c32. The molecule has 7 aromatic carbocycles. The van der Waals surface area contributed by atoms with E-state index in [-0.39, 0.29) is 5.41 Å². The molecule has 2 heterocycles. The molecule has 1 aromatic heterocycles. The molecule has 0 N–H and O–H groups in total. The third-order valence-corrected chi connectivity index (χ3v) is 9.96. The maximum absolute atomic E-state index is 2.49. The number of rotatable bonds is 5. The molecule has 0 amide bonds. The van der Waals surface area contributed by atoms with Gasteiger partial charge in [0.2, 0.25) is 0 Å². The van der Waals surface area contributed by atoms with E-state index >= 15 is 0 Å². The number of hydrogen-bond donors (Lipinski definition) is 0. The van der Waals surface area contributed by atoms with E-state index < -0.39 is 0 Å². The van der Waals surface area contributed by atoms with Gasteiger partial charge in [-0.2, -0.15) is 0 Å². The summed E-state index contributed by atoms with van der Waals surface area (Å²) in [6.07, 6.45) is 0. The van der Waals surface area contributed by atoms with Crippen LogP contribution in [0.5, 0.6) is 0 Å². The summed E-state index contributed by atoms with van der Waals surface area (Å²) >= 11 is 0. The first-order valence-electron chi connectivity index (χ1n) is 16.4. The van der Waals surface area contributed by atoms with Crippen molar-refractivity contribution in [3.8, 4) is 27.9 Å². The van der Waals surface area contributed by atoms with Crippen LogP contribution < -0.4 is 4.90 Å². The van der Waals surface area contributed by atoms with E-state index in [0.29, 0.717) is 0 Å². The van der Waals surface area contributed by atoms with Crippen molar-refractivity contribution in [3.63, 3.8) is 0 Å². The molecule has 0 radical (unpaired) electrons. The van der Waals surface area contributed by atoms with Gasteiger partial charge in [-0.05, 0) is 70.3 Å². The van der Waals surface area contributed by atoms with E-state index in [2.05, 4.69) is 193 Å². The van der Waals surface area contributed by atoms with E-state index in [1.807, 2.05) is 0 Å². The second kappa shape index (κ2) is 10.6. The number of hydrogen-bond acceptors (Lipinski definition) is 1. The summed E-state index contributed by atoms with van der Waals surface area (Å²) in [6.45, 7) is 4.71. The maximum Gasteiger partial charge on any atom is 0.0582 e.